The molecule has 20 heavy (non-hydrogen) atoms. The highest BCUT2D eigenvalue weighted by molar-refractivity contribution is 6.30. The van der Waals surface area contributed by atoms with Crippen LogP contribution < -0.4 is 5.32 Å². The van der Waals surface area contributed by atoms with Gasteiger partial charge in [0, 0.05) is 16.3 Å². The zero-order chi connectivity index (χ0) is 14.7. The summed E-state index contributed by atoms with van der Waals surface area (Å²) in [5, 5.41) is 3.90. The Balaban J connectivity index is 2.12. The summed E-state index contributed by atoms with van der Waals surface area (Å²) in [7, 11) is 0. The normalized spacial score (nSPS) is 12.0. The molecular weight excluding hydrogens is 295 g/mol. The van der Waals surface area contributed by atoms with E-state index in [1.54, 1.807) is 31.2 Å². The lowest BCUT2D eigenvalue weighted by molar-refractivity contribution is 0.0939. The summed E-state index contributed by atoms with van der Waals surface area (Å²) in [5.74, 6) is -0.181. The Morgan fingerprint density at radius 2 is 1.85 bits per heavy atom. The third-order valence-electron chi connectivity index (χ3n) is 2.90. The predicted molar refractivity (Wildman–Crippen MR) is 81.3 cm³/mol. The number of carbonyl (C=O) groups is 1. The van der Waals surface area contributed by atoms with Gasteiger partial charge in [0.05, 0.1) is 6.04 Å². The highest BCUT2D eigenvalue weighted by Crippen LogP contribution is 2.17. The first-order valence-electron chi connectivity index (χ1n) is 6.16. The fourth-order valence-corrected chi connectivity index (χ4v) is 2.25. The second-order valence-corrected chi connectivity index (χ2v) is 5.39. The van der Waals surface area contributed by atoms with Crippen molar-refractivity contribution >= 4 is 29.1 Å². The van der Waals surface area contributed by atoms with Crippen LogP contribution in [0, 0.1) is 6.92 Å². The van der Waals surface area contributed by atoms with Crippen molar-refractivity contribution in [2.24, 2.45) is 0 Å². The monoisotopic (exact) mass is 308 g/mol. The minimum atomic E-state index is -0.181. The number of hydrogen-bond acceptors (Lipinski definition) is 2. The largest absolute Gasteiger partial charge is 0.346 e. The van der Waals surface area contributed by atoms with Crippen LogP contribution in [-0.2, 0) is 0 Å². The minimum absolute atomic E-state index is 0.119. The average molecular weight is 309 g/mol. The molecule has 0 aliphatic carbocycles. The van der Waals surface area contributed by atoms with Gasteiger partial charge in [-0.1, -0.05) is 35.3 Å². The lowest BCUT2D eigenvalue weighted by Gasteiger charge is -2.14. The zero-order valence-corrected chi connectivity index (χ0v) is 12.7. The van der Waals surface area contributed by atoms with Crippen molar-refractivity contribution in [2.45, 2.75) is 19.9 Å². The molecule has 1 unspecified atom stereocenters. The summed E-state index contributed by atoms with van der Waals surface area (Å²) in [4.78, 5) is 16.2. The number of carbonyl (C=O) groups excluding carboxylic acids is 1. The number of nitrogens with zero attached hydrogens (tertiary/aromatic N) is 1. The molecule has 1 aromatic carbocycles. The average Bonchev–Trinajstić information content (AvgIpc) is 2.38. The maximum atomic E-state index is 12.2. The number of pyridine rings is 1. The topological polar surface area (TPSA) is 42.0 Å². The number of rotatable bonds is 3. The maximum absolute atomic E-state index is 12.2. The Labute approximate surface area is 127 Å². The molecule has 1 aromatic heterocycles. The molecule has 1 heterocycles. The van der Waals surface area contributed by atoms with Crippen LogP contribution in [0.2, 0.25) is 10.2 Å². The molecule has 2 rings (SSSR count). The summed E-state index contributed by atoms with van der Waals surface area (Å²) in [6.45, 7) is 3.71. The zero-order valence-electron chi connectivity index (χ0n) is 11.2. The number of benzene rings is 1. The first-order chi connectivity index (χ1) is 9.45. The van der Waals surface area contributed by atoms with Crippen molar-refractivity contribution in [1.82, 2.24) is 10.3 Å². The molecule has 1 amide bonds. The molecule has 1 N–H and O–H groups in total. The molecular formula is C15H14Cl2N2O. The quantitative estimate of drug-likeness (QED) is 0.864. The Morgan fingerprint density at radius 1 is 1.20 bits per heavy atom. The standard InChI is InChI=1S/C15H14Cl2N2O/c1-9-7-12(8-14(17)18-9)15(20)19-10(2)11-3-5-13(16)6-4-11/h3-8,10H,1-2H3,(H,19,20). The second-order valence-electron chi connectivity index (χ2n) is 4.57. The smallest absolute Gasteiger partial charge is 0.251 e. The van der Waals surface area contributed by atoms with Crippen LogP contribution >= 0.6 is 23.2 Å². The van der Waals surface area contributed by atoms with E-state index in [-0.39, 0.29) is 11.9 Å². The summed E-state index contributed by atoms with van der Waals surface area (Å²) in [6, 6.07) is 10.5. The van der Waals surface area contributed by atoms with E-state index in [9.17, 15) is 4.79 Å². The summed E-state index contributed by atoms with van der Waals surface area (Å²) < 4.78 is 0. The van der Waals surface area contributed by atoms with Crippen molar-refractivity contribution in [3.05, 3.63) is 63.4 Å². The number of aromatic nitrogens is 1. The SMILES string of the molecule is Cc1cc(C(=O)NC(C)c2ccc(Cl)cc2)cc(Cl)n1. The van der Waals surface area contributed by atoms with Gasteiger partial charge in [0.2, 0.25) is 0 Å². The van der Waals surface area contributed by atoms with E-state index in [1.165, 1.54) is 0 Å². The highest BCUT2D eigenvalue weighted by atomic mass is 35.5. The molecule has 0 aliphatic heterocycles. The van der Waals surface area contributed by atoms with E-state index in [0.717, 1.165) is 5.56 Å². The van der Waals surface area contributed by atoms with Crippen LogP contribution in [0.4, 0.5) is 0 Å². The molecule has 1 atom stereocenters. The van der Waals surface area contributed by atoms with E-state index in [1.807, 2.05) is 19.1 Å². The van der Waals surface area contributed by atoms with Crippen molar-refractivity contribution in [1.29, 1.82) is 0 Å². The first kappa shape index (κ1) is 14.8. The summed E-state index contributed by atoms with van der Waals surface area (Å²) >= 11 is 11.7. The highest BCUT2D eigenvalue weighted by Gasteiger charge is 2.12. The number of aryl methyl sites for hydroxylation is 1. The second kappa shape index (κ2) is 6.25. The van der Waals surface area contributed by atoms with Crippen LogP contribution in [-0.4, -0.2) is 10.9 Å². The Bertz CT molecular complexity index is 606. The van der Waals surface area contributed by atoms with Crippen LogP contribution in [0.1, 0.15) is 34.6 Å². The molecule has 2 aromatic rings. The lowest BCUT2D eigenvalue weighted by atomic mass is 10.1. The maximum Gasteiger partial charge on any atom is 0.251 e. The lowest BCUT2D eigenvalue weighted by Crippen LogP contribution is -2.26. The molecule has 104 valence electrons. The minimum Gasteiger partial charge on any atom is -0.346 e. The molecule has 0 saturated heterocycles. The Hall–Kier alpha value is -1.58. The molecule has 0 saturated carbocycles. The van der Waals surface area contributed by atoms with Gasteiger partial charge in [0.25, 0.3) is 5.91 Å². The Kier molecular flexibility index (Phi) is 4.63. The van der Waals surface area contributed by atoms with Crippen LogP contribution in [0.5, 0.6) is 0 Å². The van der Waals surface area contributed by atoms with Gasteiger partial charge in [-0.15, -0.1) is 0 Å². The number of hydrogen-bond donors (Lipinski definition) is 1. The Morgan fingerprint density at radius 3 is 2.45 bits per heavy atom. The van der Waals surface area contributed by atoms with Gasteiger partial charge in [-0.2, -0.15) is 0 Å². The first-order valence-corrected chi connectivity index (χ1v) is 6.92. The van der Waals surface area contributed by atoms with Crippen LogP contribution in [0.3, 0.4) is 0 Å². The van der Waals surface area contributed by atoms with E-state index in [4.69, 9.17) is 23.2 Å². The predicted octanol–water partition coefficient (Wildman–Crippen LogP) is 4.19. The van der Waals surface area contributed by atoms with Crippen LogP contribution in [0.15, 0.2) is 36.4 Å². The number of halogens is 2. The van der Waals surface area contributed by atoms with Crippen molar-refractivity contribution in [3.63, 3.8) is 0 Å². The van der Waals surface area contributed by atoms with Crippen molar-refractivity contribution < 1.29 is 4.79 Å². The van der Waals surface area contributed by atoms with Gasteiger partial charge >= 0.3 is 0 Å². The van der Waals surface area contributed by atoms with Gasteiger partial charge in [-0.05, 0) is 43.7 Å². The van der Waals surface area contributed by atoms with Gasteiger partial charge < -0.3 is 5.32 Å². The molecule has 0 radical (unpaired) electrons. The van der Waals surface area contributed by atoms with Crippen LogP contribution in [0.25, 0.3) is 0 Å². The van der Waals surface area contributed by atoms with Gasteiger partial charge in [-0.25, -0.2) is 4.98 Å². The number of nitrogens with one attached hydrogen (secondary N) is 1. The van der Waals surface area contributed by atoms with E-state index >= 15 is 0 Å². The van der Waals surface area contributed by atoms with Gasteiger partial charge in [0.15, 0.2) is 0 Å². The fourth-order valence-electron chi connectivity index (χ4n) is 1.87. The van der Waals surface area contributed by atoms with Gasteiger partial charge in [0.1, 0.15) is 5.15 Å². The molecule has 0 spiro atoms. The van der Waals surface area contributed by atoms with Crippen molar-refractivity contribution in [3.8, 4) is 0 Å². The van der Waals surface area contributed by atoms with Gasteiger partial charge in [-0.3, -0.25) is 4.79 Å². The van der Waals surface area contributed by atoms with E-state index < -0.39 is 0 Å². The molecule has 3 nitrogen and oxygen atoms in total. The van der Waals surface area contributed by atoms with E-state index in [0.29, 0.717) is 21.4 Å². The van der Waals surface area contributed by atoms with Crippen molar-refractivity contribution in [2.75, 3.05) is 0 Å². The number of amides is 1. The molecule has 0 aliphatic rings. The fraction of sp³-hybridized carbons (Fsp3) is 0.200. The molecule has 5 heteroatoms. The molecule has 0 bridgehead atoms. The van der Waals surface area contributed by atoms with E-state index in [2.05, 4.69) is 10.3 Å². The summed E-state index contributed by atoms with van der Waals surface area (Å²) in [6.07, 6.45) is 0. The third kappa shape index (κ3) is 3.71. The molecule has 0 fully saturated rings. The third-order valence-corrected chi connectivity index (χ3v) is 3.35. The summed E-state index contributed by atoms with van der Waals surface area (Å²) in [5.41, 5.74) is 2.20.